The number of hydrogen-bond acceptors (Lipinski definition) is 2. The third-order valence-electron chi connectivity index (χ3n) is 2.35. The quantitative estimate of drug-likeness (QED) is 0.436. The lowest BCUT2D eigenvalue weighted by molar-refractivity contribution is 0.512. The van der Waals surface area contributed by atoms with Crippen molar-refractivity contribution in [2.45, 2.75) is 19.8 Å². The van der Waals surface area contributed by atoms with E-state index in [9.17, 15) is 0 Å². The van der Waals surface area contributed by atoms with Crippen molar-refractivity contribution in [2.24, 2.45) is 16.6 Å². The van der Waals surface area contributed by atoms with Crippen LogP contribution in [0.1, 0.15) is 19.8 Å². The van der Waals surface area contributed by atoms with Crippen molar-refractivity contribution in [1.29, 1.82) is 0 Å². The molecule has 86 valence electrons. The lowest BCUT2D eigenvalue weighted by Gasteiger charge is -2.21. The third-order valence-corrected chi connectivity index (χ3v) is 3.63. The minimum atomic E-state index is 0.550. The van der Waals surface area contributed by atoms with Crippen LogP contribution in [-0.2, 0) is 0 Å². The Hall–Kier alpha value is -0.640. The highest BCUT2D eigenvalue weighted by Gasteiger charge is 2.13. The number of aliphatic imine (C=N–C) groups is 1. The van der Waals surface area contributed by atoms with Crippen molar-refractivity contribution in [2.75, 3.05) is 24.6 Å². The first-order valence-electron chi connectivity index (χ1n) is 5.44. The maximum Gasteiger partial charge on any atom is 0.188 e. The van der Waals surface area contributed by atoms with E-state index in [4.69, 9.17) is 5.73 Å². The second kappa shape index (κ2) is 6.77. The molecular weight excluding hydrogens is 206 g/mol. The molecule has 0 saturated carbocycles. The summed E-state index contributed by atoms with van der Waals surface area (Å²) in [6.45, 7) is 7.32. The highest BCUT2D eigenvalue weighted by Crippen LogP contribution is 2.21. The molecule has 1 saturated heterocycles. The lowest BCUT2D eigenvalue weighted by Crippen LogP contribution is -2.37. The molecule has 1 aliphatic heterocycles. The van der Waals surface area contributed by atoms with E-state index in [1.165, 1.54) is 24.3 Å². The fraction of sp³-hybridized carbons (Fsp3) is 0.727. The Labute approximate surface area is 96.6 Å². The summed E-state index contributed by atoms with van der Waals surface area (Å²) in [5, 5.41) is 3.18. The van der Waals surface area contributed by atoms with Crippen LogP contribution in [0.25, 0.3) is 0 Å². The SMILES string of the molecule is C=C(C)CN=C(N)NCC1CCCSC1. The molecule has 0 aliphatic carbocycles. The minimum Gasteiger partial charge on any atom is -0.370 e. The Morgan fingerprint density at radius 2 is 2.47 bits per heavy atom. The van der Waals surface area contributed by atoms with E-state index in [1.54, 1.807) is 0 Å². The molecule has 1 atom stereocenters. The zero-order valence-corrected chi connectivity index (χ0v) is 10.3. The summed E-state index contributed by atoms with van der Waals surface area (Å²) in [4.78, 5) is 4.19. The minimum absolute atomic E-state index is 0.550. The van der Waals surface area contributed by atoms with Crippen LogP contribution in [-0.4, -0.2) is 30.6 Å². The first kappa shape index (κ1) is 12.4. The van der Waals surface area contributed by atoms with E-state index in [0.717, 1.165) is 18.0 Å². The highest BCUT2D eigenvalue weighted by molar-refractivity contribution is 7.99. The van der Waals surface area contributed by atoms with Gasteiger partial charge in [-0.3, -0.25) is 0 Å². The maximum atomic E-state index is 5.73. The zero-order valence-electron chi connectivity index (χ0n) is 9.46. The summed E-state index contributed by atoms with van der Waals surface area (Å²) in [6, 6.07) is 0. The number of guanidine groups is 1. The first-order valence-corrected chi connectivity index (χ1v) is 6.60. The second-order valence-electron chi connectivity index (χ2n) is 4.12. The van der Waals surface area contributed by atoms with Gasteiger partial charge in [0, 0.05) is 6.54 Å². The summed E-state index contributed by atoms with van der Waals surface area (Å²) in [5.74, 6) is 3.87. The van der Waals surface area contributed by atoms with Gasteiger partial charge in [-0.05, 0) is 37.2 Å². The topological polar surface area (TPSA) is 50.4 Å². The molecule has 0 aromatic rings. The van der Waals surface area contributed by atoms with Crippen molar-refractivity contribution in [3.8, 4) is 0 Å². The van der Waals surface area contributed by atoms with Crippen LogP contribution in [0.5, 0.6) is 0 Å². The van der Waals surface area contributed by atoms with E-state index in [1.807, 2.05) is 18.7 Å². The van der Waals surface area contributed by atoms with Gasteiger partial charge >= 0.3 is 0 Å². The molecule has 0 aromatic carbocycles. The molecule has 0 spiro atoms. The zero-order chi connectivity index (χ0) is 11.1. The molecule has 1 rings (SSSR count). The van der Waals surface area contributed by atoms with Gasteiger partial charge in [0.05, 0.1) is 6.54 Å². The van der Waals surface area contributed by atoms with Gasteiger partial charge in [-0.15, -0.1) is 0 Å². The molecular formula is C11H21N3S. The smallest absolute Gasteiger partial charge is 0.188 e. The highest BCUT2D eigenvalue weighted by atomic mass is 32.2. The normalized spacial score (nSPS) is 22.5. The third kappa shape index (κ3) is 5.72. The van der Waals surface area contributed by atoms with Gasteiger partial charge in [0.25, 0.3) is 0 Å². The van der Waals surface area contributed by atoms with E-state index in [0.29, 0.717) is 12.5 Å². The molecule has 0 aromatic heterocycles. The Morgan fingerprint density at radius 1 is 1.67 bits per heavy atom. The van der Waals surface area contributed by atoms with Gasteiger partial charge in [0.15, 0.2) is 5.96 Å². The van der Waals surface area contributed by atoms with Crippen molar-refractivity contribution in [1.82, 2.24) is 5.32 Å². The van der Waals surface area contributed by atoms with Crippen LogP contribution in [0, 0.1) is 5.92 Å². The van der Waals surface area contributed by atoms with Gasteiger partial charge in [0.1, 0.15) is 0 Å². The molecule has 0 amide bonds. The van der Waals surface area contributed by atoms with Crippen molar-refractivity contribution >= 4 is 17.7 Å². The largest absolute Gasteiger partial charge is 0.370 e. The lowest BCUT2D eigenvalue weighted by atomic mass is 10.1. The van der Waals surface area contributed by atoms with Crippen LogP contribution < -0.4 is 11.1 Å². The Balaban J connectivity index is 2.17. The molecule has 1 unspecified atom stereocenters. The van der Waals surface area contributed by atoms with Gasteiger partial charge < -0.3 is 11.1 Å². The average molecular weight is 227 g/mol. The van der Waals surface area contributed by atoms with Crippen LogP contribution in [0.15, 0.2) is 17.1 Å². The standard InChI is InChI=1S/C11H21N3S/c1-9(2)6-13-11(12)14-7-10-4-3-5-15-8-10/h10H,1,3-8H2,2H3,(H3,12,13,14). The molecule has 3 N–H and O–H groups in total. The summed E-state index contributed by atoms with van der Waals surface area (Å²) in [5.41, 5.74) is 6.77. The summed E-state index contributed by atoms with van der Waals surface area (Å²) in [7, 11) is 0. The van der Waals surface area contributed by atoms with Crippen LogP contribution >= 0.6 is 11.8 Å². The van der Waals surface area contributed by atoms with Crippen molar-refractivity contribution < 1.29 is 0 Å². The van der Waals surface area contributed by atoms with E-state index in [2.05, 4.69) is 16.9 Å². The van der Waals surface area contributed by atoms with Crippen LogP contribution in [0.3, 0.4) is 0 Å². The molecule has 0 radical (unpaired) electrons. The van der Waals surface area contributed by atoms with E-state index in [-0.39, 0.29) is 0 Å². The van der Waals surface area contributed by atoms with Crippen LogP contribution in [0.2, 0.25) is 0 Å². The van der Waals surface area contributed by atoms with E-state index < -0.39 is 0 Å². The number of nitrogens with one attached hydrogen (secondary N) is 1. The summed E-state index contributed by atoms with van der Waals surface area (Å²) in [6.07, 6.45) is 2.65. The Bertz CT molecular complexity index is 232. The van der Waals surface area contributed by atoms with Crippen molar-refractivity contribution in [3.63, 3.8) is 0 Å². The fourth-order valence-electron chi connectivity index (χ4n) is 1.49. The molecule has 4 heteroatoms. The molecule has 0 bridgehead atoms. The number of rotatable bonds is 4. The molecule has 1 aliphatic rings. The maximum absolute atomic E-state index is 5.73. The first-order chi connectivity index (χ1) is 7.18. The average Bonchev–Trinajstić information content (AvgIpc) is 2.25. The monoisotopic (exact) mass is 227 g/mol. The van der Waals surface area contributed by atoms with Crippen molar-refractivity contribution in [3.05, 3.63) is 12.2 Å². The predicted octanol–water partition coefficient (Wildman–Crippen LogP) is 1.61. The van der Waals surface area contributed by atoms with Crippen LogP contribution in [0.4, 0.5) is 0 Å². The van der Waals surface area contributed by atoms with Gasteiger partial charge in [-0.25, -0.2) is 4.99 Å². The number of nitrogens with zero attached hydrogens (tertiary/aromatic N) is 1. The summed E-state index contributed by atoms with van der Waals surface area (Å²) < 4.78 is 0. The Kier molecular flexibility index (Phi) is 5.61. The van der Waals surface area contributed by atoms with Gasteiger partial charge in [-0.2, -0.15) is 11.8 Å². The number of nitrogens with two attached hydrogens (primary N) is 1. The Morgan fingerprint density at radius 3 is 3.07 bits per heavy atom. The molecule has 1 heterocycles. The predicted molar refractivity (Wildman–Crippen MR) is 69.4 cm³/mol. The second-order valence-corrected chi connectivity index (χ2v) is 5.27. The fourth-order valence-corrected chi connectivity index (χ4v) is 2.65. The number of thioether (sulfide) groups is 1. The summed E-state index contributed by atoms with van der Waals surface area (Å²) >= 11 is 2.04. The van der Waals surface area contributed by atoms with E-state index >= 15 is 0 Å². The molecule has 1 fully saturated rings. The van der Waals surface area contributed by atoms with Gasteiger partial charge in [-0.1, -0.05) is 12.2 Å². The van der Waals surface area contributed by atoms with Gasteiger partial charge in [0.2, 0.25) is 0 Å². The molecule has 15 heavy (non-hydrogen) atoms. The molecule has 3 nitrogen and oxygen atoms in total. The number of hydrogen-bond donors (Lipinski definition) is 2.